The summed E-state index contributed by atoms with van der Waals surface area (Å²) in [5, 5.41) is 3.30. The SMILES string of the molecule is Cn1ccc2c(Oc3cccc(C(=O)Nc4cccc(C(F)(F)F)c4)c3)cc(-c3ccncc3)nc21. The lowest BCUT2D eigenvalue weighted by atomic mass is 10.1. The van der Waals surface area contributed by atoms with Crippen LogP contribution in [0.5, 0.6) is 11.5 Å². The first-order chi connectivity index (χ1) is 17.3. The van der Waals surface area contributed by atoms with Gasteiger partial charge in [0.25, 0.3) is 5.91 Å². The van der Waals surface area contributed by atoms with Crippen LogP contribution in [0.2, 0.25) is 0 Å². The van der Waals surface area contributed by atoms with Crippen molar-refractivity contribution in [3.8, 4) is 22.8 Å². The van der Waals surface area contributed by atoms with Gasteiger partial charge in [-0.3, -0.25) is 9.78 Å². The predicted molar refractivity (Wildman–Crippen MR) is 130 cm³/mol. The predicted octanol–water partition coefficient (Wildman–Crippen LogP) is 6.70. The molecule has 3 aromatic heterocycles. The van der Waals surface area contributed by atoms with Crippen molar-refractivity contribution in [3.05, 3.63) is 103 Å². The van der Waals surface area contributed by atoms with Crippen LogP contribution >= 0.6 is 0 Å². The fourth-order valence-corrected chi connectivity index (χ4v) is 3.76. The molecule has 5 aromatic rings. The van der Waals surface area contributed by atoms with Crippen LogP contribution in [0, 0.1) is 0 Å². The van der Waals surface area contributed by atoms with Crippen LogP contribution in [-0.2, 0) is 13.2 Å². The second kappa shape index (κ2) is 9.18. The Morgan fingerprint density at radius 1 is 0.972 bits per heavy atom. The number of alkyl halides is 3. The molecule has 9 heteroatoms. The van der Waals surface area contributed by atoms with Crippen molar-refractivity contribution < 1.29 is 22.7 Å². The maximum absolute atomic E-state index is 13.0. The number of carbonyl (C=O) groups is 1. The van der Waals surface area contributed by atoms with Gasteiger partial charge >= 0.3 is 6.18 Å². The Labute approximate surface area is 204 Å². The van der Waals surface area contributed by atoms with Crippen molar-refractivity contribution >= 4 is 22.6 Å². The molecule has 3 heterocycles. The van der Waals surface area contributed by atoms with Gasteiger partial charge in [0.15, 0.2) is 0 Å². The van der Waals surface area contributed by atoms with Gasteiger partial charge in [-0.15, -0.1) is 0 Å². The van der Waals surface area contributed by atoms with Gasteiger partial charge in [-0.25, -0.2) is 4.98 Å². The summed E-state index contributed by atoms with van der Waals surface area (Å²) in [7, 11) is 1.88. The van der Waals surface area contributed by atoms with Gasteiger partial charge in [0.1, 0.15) is 17.1 Å². The molecule has 0 fully saturated rings. The molecule has 36 heavy (non-hydrogen) atoms. The number of nitrogens with one attached hydrogen (secondary N) is 1. The largest absolute Gasteiger partial charge is 0.456 e. The highest BCUT2D eigenvalue weighted by Crippen LogP contribution is 2.34. The zero-order chi connectivity index (χ0) is 25.3. The summed E-state index contributed by atoms with van der Waals surface area (Å²) in [6, 6.07) is 18.3. The van der Waals surface area contributed by atoms with E-state index >= 15 is 0 Å². The van der Waals surface area contributed by atoms with Crippen molar-refractivity contribution in [1.82, 2.24) is 14.5 Å². The Morgan fingerprint density at radius 2 is 1.75 bits per heavy atom. The second-order valence-corrected chi connectivity index (χ2v) is 8.07. The first-order valence-corrected chi connectivity index (χ1v) is 10.9. The number of benzene rings is 2. The molecule has 0 spiro atoms. The number of anilines is 1. The lowest BCUT2D eigenvalue weighted by molar-refractivity contribution is -0.137. The van der Waals surface area contributed by atoms with Gasteiger partial charge in [0.2, 0.25) is 0 Å². The molecule has 180 valence electrons. The average molecular weight is 488 g/mol. The third kappa shape index (κ3) is 4.76. The smallest absolute Gasteiger partial charge is 0.416 e. The summed E-state index contributed by atoms with van der Waals surface area (Å²) >= 11 is 0. The normalized spacial score (nSPS) is 11.4. The lowest BCUT2D eigenvalue weighted by Gasteiger charge is -2.12. The van der Waals surface area contributed by atoms with E-state index in [1.165, 1.54) is 18.2 Å². The maximum atomic E-state index is 13.0. The molecule has 0 radical (unpaired) electrons. The van der Waals surface area contributed by atoms with Crippen molar-refractivity contribution in [1.29, 1.82) is 0 Å². The van der Waals surface area contributed by atoms with Crippen LogP contribution in [0.3, 0.4) is 0 Å². The minimum atomic E-state index is -4.50. The number of rotatable bonds is 5. The summed E-state index contributed by atoms with van der Waals surface area (Å²) in [5.74, 6) is 0.378. The molecule has 1 amide bonds. The number of fused-ring (bicyclic) bond motifs is 1. The highest BCUT2D eigenvalue weighted by Gasteiger charge is 2.30. The number of carbonyl (C=O) groups excluding carboxylic acids is 1. The van der Waals surface area contributed by atoms with Crippen molar-refractivity contribution in [2.75, 3.05) is 5.32 Å². The highest BCUT2D eigenvalue weighted by molar-refractivity contribution is 6.04. The highest BCUT2D eigenvalue weighted by atomic mass is 19.4. The number of hydrogen-bond donors (Lipinski definition) is 1. The fraction of sp³-hybridized carbons (Fsp3) is 0.0741. The van der Waals surface area contributed by atoms with E-state index in [0.29, 0.717) is 17.2 Å². The van der Waals surface area contributed by atoms with E-state index in [-0.39, 0.29) is 11.3 Å². The van der Waals surface area contributed by atoms with Gasteiger partial charge in [0.05, 0.1) is 16.6 Å². The standard InChI is InChI=1S/C27H19F3N4O2/c1-34-13-10-22-24(16-23(33-25(22)34)17-8-11-31-12-9-17)36-21-7-2-4-18(14-21)26(35)32-20-6-3-5-19(15-20)27(28,29)30/h2-16H,1H3,(H,32,35). The van der Waals surface area contributed by atoms with E-state index in [1.54, 1.807) is 30.6 Å². The van der Waals surface area contributed by atoms with Gasteiger partial charge in [-0.2, -0.15) is 13.2 Å². The Hall–Kier alpha value is -4.66. The van der Waals surface area contributed by atoms with Gasteiger partial charge in [-0.05, 0) is 54.6 Å². The number of nitrogens with zero attached hydrogens (tertiary/aromatic N) is 3. The summed E-state index contributed by atoms with van der Waals surface area (Å²) < 4.78 is 47.1. The molecule has 5 rings (SSSR count). The number of halogens is 3. The molecule has 6 nitrogen and oxygen atoms in total. The van der Waals surface area contributed by atoms with Crippen LogP contribution < -0.4 is 10.1 Å². The molecular weight excluding hydrogens is 469 g/mol. The molecule has 0 atom stereocenters. The van der Waals surface area contributed by atoms with Crippen LogP contribution in [-0.4, -0.2) is 20.4 Å². The summed E-state index contributed by atoms with van der Waals surface area (Å²) in [6.07, 6.45) is 0.731. The van der Waals surface area contributed by atoms with E-state index in [4.69, 9.17) is 9.72 Å². The lowest BCUT2D eigenvalue weighted by Crippen LogP contribution is -2.13. The van der Waals surface area contributed by atoms with E-state index in [9.17, 15) is 18.0 Å². The molecule has 0 saturated carbocycles. The number of ether oxygens (including phenoxy) is 1. The Bertz CT molecular complexity index is 1560. The van der Waals surface area contributed by atoms with Crippen molar-refractivity contribution in [2.24, 2.45) is 7.05 Å². The molecular formula is C27H19F3N4O2. The summed E-state index contributed by atoms with van der Waals surface area (Å²) in [6.45, 7) is 0. The van der Waals surface area contributed by atoms with Gasteiger partial charge < -0.3 is 14.6 Å². The van der Waals surface area contributed by atoms with E-state index in [1.807, 2.05) is 42.1 Å². The minimum absolute atomic E-state index is 0.0447. The maximum Gasteiger partial charge on any atom is 0.416 e. The van der Waals surface area contributed by atoms with Gasteiger partial charge in [-0.1, -0.05) is 12.1 Å². The molecule has 2 aromatic carbocycles. The van der Waals surface area contributed by atoms with Crippen LogP contribution in [0.25, 0.3) is 22.3 Å². The second-order valence-electron chi connectivity index (χ2n) is 8.07. The zero-order valence-electron chi connectivity index (χ0n) is 19.0. The summed E-state index contributed by atoms with van der Waals surface area (Å²) in [4.78, 5) is 21.5. The molecule has 0 aliphatic rings. The molecule has 0 aliphatic heterocycles. The fourth-order valence-electron chi connectivity index (χ4n) is 3.76. The molecule has 0 unspecified atom stereocenters. The number of aromatic nitrogens is 3. The van der Waals surface area contributed by atoms with Gasteiger partial charge in [0, 0.05) is 48.5 Å². The molecule has 0 aliphatic carbocycles. The van der Waals surface area contributed by atoms with Crippen LogP contribution in [0.1, 0.15) is 15.9 Å². The van der Waals surface area contributed by atoms with E-state index in [0.717, 1.165) is 28.7 Å². The number of pyridine rings is 2. The molecule has 1 N–H and O–H groups in total. The van der Waals surface area contributed by atoms with Crippen LogP contribution in [0.4, 0.5) is 18.9 Å². The van der Waals surface area contributed by atoms with Crippen molar-refractivity contribution in [3.63, 3.8) is 0 Å². The molecule has 0 bridgehead atoms. The number of hydrogen-bond acceptors (Lipinski definition) is 4. The third-order valence-corrected chi connectivity index (χ3v) is 5.55. The Balaban J connectivity index is 1.43. The minimum Gasteiger partial charge on any atom is -0.456 e. The third-order valence-electron chi connectivity index (χ3n) is 5.55. The zero-order valence-corrected chi connectivity index (χ0v) is 19.0. The van der Waals surface area contributed by atoms with E-state index in [2.05, 4.69) is 10.3 Å². The van der Waals surface area contributed by atoms with E-state index < -0.39 is 17.6 Å². The Kier molecular flexibility index (Phi) is 5.89. The number of aryl methyl sites for hydroxylation is 1. The number of amides is 1. The molecule has 0 saturated heterocycles. The first kappa shape index (κ1) is 23.1. The Morgan fingerprint density at radius 3 is 2.53 bits per heavy atom. The summed E-state index contributed by atoms with van der Waals surface area (Å²) in [5.41, 5.74) is 1.72. The topological polar surface area (TPSA) is 69.0 Å². The van der Waals surface area contributed by atoms with Crippen molar-refractivity contribution in [2.45, 2.75) is 6.18 Å². The van der Waals surface area contributed by atoms with Crippen LogP contribution in [0.15, 0.2) is 91.4 Å². The quantitative estimate of drug-likeness (QED) is 0.299. The monoisotopic (exact) mass is 488 g/mol. The first-order valence-electron chi connectivity index (χ1n) is 10.9. The average Bonchev–Trinajstić information content (AvgIpc) is 3.25.